The molecule has 3 nitrogen and oxygen atoms in total. The third-order valence-corrected chi connectivity index (χ3v) is 1.80. The van der Waals surface area contributed by atoms with E-state index in [9.17, 15) is 0 Å². The van der Waals surface area contributed by atoms with Crippen LogP contribution in [0.5, 0.6) is 0 Å². The van der Waals surface area contributed by atoms with Gasteiger partial charge in [-0.3, -0.25) is 10.3 Å². The largest absolute Gasteiger partial charge is 0.298 e. The van der Waals surface area contributed by atoms with Crippen molar-refractivity contribution in [2.45, 2.75) is 19.9 Å². The first kappa shape index (κ1) is 9.69. The molecule has 68 valence electrons. The second-order valence-corrected chi connectivity index (χ2v) is 2.85. The van der Waals surface area contributed by atoms with Crippen molar-refractivity contribution in [1.82, 2.24) is 10.3 Å². The highest BCUT2D eigenvalue weighted by Crippen LogP contribution is 2.10. The maximum Gasteiger partial charge on any atom is 0.122 e. The molecule has 0 amide bonds. The molecule has 1 aromatic rings. The number of hydrogen-bond donors (Lipinski definition) is 1. The van der Waals surface area contributed by atoms with E-state index in [0.717, 1.165) is 17.8 Å². The van der Waals surface area contributed by atoms with Gasteiger partial charge < -0.3 is 0 Å². The predicted molar refractivity (Wildman–Crippen MR) is 51.0 cm³/mol. The number of nitrogens with zero attached hydrogens (tertiary/aromatic N) is 2. The Bertz CT molecular complexity index is 297. The predicted octanol–water partition coefficient (Wildman–Crippen LogP) is 1.56. The Balaban J connectivity index is 2.81. The van der Waals surface area contributed by atoms with Gasteiger partial charge in [0.05, 0.1) is 6.07 Å². The van der Waals surface area contributed by atoms with Crippen LogP contribution in [0.2, 0.25) is 0 Å². The number of hydrogen-bond acceptors (Lipinski definition) is 3. The van der Waals surface area contributed by atoms with Gasteiger partial charge in [-0.2, -0.15) is 5.26 Å². The average Bonchev–Trinajstić information content (AvgIpc) is 2.16. The number of pyridine rings is 1. The van der Waals surface area contributed by atoms with Crippen molar-refractivity contribution in [1.29, 1.82) is 5.26 Å². The van der Waals surface area contributed by atoms with E-state index in [2.05, 4.69) is 16.4 Å². The molecule has 0 aliphatic heterocycles. The van der Waals surface area contributed by atoms with Gasteiger partial charge in [-0.25, -0.2) is 0 Å². The Morgan fingerprint density at radius 3 is 2.85 bits per heavy atom. The zero-order chi connectivity index (χ0) is 9.68. The molecule has 13 heavy (non-hydrogen) atoms. The lowest BCUT2D eigenvalue weighted by Crippen LogP contribution is -2.19. The lowest BCUT2D eigenvalue weighted by atomic mass is 10.1. The SMILES string of the molecule is CCNC(C#N)c1ccc(C)nc1. The highest BCUT2D eigenvalue weighted by atomic mass is 14.9. The molecule has 1 heterocycles. The number of aromatic nitrogens is 1. The lowest BCUT2D eigenvalue weighted by molar-refractivity contribution is 0.655. The van der Waals surface area contributed by atoms with Crippen LogP contribution in [0.3, 0.4) is 0 Å². The van der Waals surface area contributed by atoms with E-state index in [0.29, 0.717) is 0 Å². The summed E-state index contributed by atoms with van der Waals surface area (Å²) in [6, 6.07) is 5.79. The third-order valence-electron chi connectivity index (χ3n) is 1.80. The van der Waals surface area contributed by atoms with Gasteiger partial charge in [-0.15, -0.1) is 0 Å². The molecular formula is C10H13N3. The zero-order valence-corrected chi connectivity index (χ0v) is 7.91. The normalized spacial score (nSPS) is 12.1. The van der Waals surface area contributed by atoms with E-state index in [-0.39, 0.29) is 6.04 Å². The molecule has 0 saturated heterocycles. The molecule has 0 aliphatic carbocycles. The Morgan fingerprint density at radius 2 is 2.38 bits per heavy atom. The summed E-state index contributed by atoms with van der Waals surface area (Å²) in [6.45, 7) is 4.69. The molecule has 0 bridgehead atoms. The number of aryl methyl sites for hydroxylation is 1. The van der Waals surface area contributed by atoms with Crippen molar-refractivity contribution in [3.63, 3.8) is 0 Å². The molecule has 0 radical (unpaired) electrons. The third kappa shape index (κ3) is 2.53. The Morgan fingerprint density at radius 1 is 1.62 bits per heavy atom. The smallest absolute Gasteiger partial charge is 0.122 e. The fourth-order valence-electron chi connectivity index (χ4n) is 1.09. The summed E-state index contributed by atoms with van der Waals surface area (Å²) in [6.07, 6.45) is 1.74. The van der Waals surface area contributed by atoms with Crippen LogP contribution in [0, 0.1) is 18.3 Å². The van der Waals surface area contributed by atoms with E-state index in [1.807, 2.05) is 26.0 Å². The average molecular weight is 175 g/mol. The Kier molecular flexibility index (Phi) is 3.41. The molecule has 3 heteroatoms. The second kappa shape index (κ2) is 4.58. The van der Waals surface area contributed by atoms with E-state index >= 15 is 0 Å². The monoisotopic (exact) mass is 175 g/mol. The topological polar surface area (TPSA) is 48.7 Å². The quantitative estimate of drug-likeness (QED) is 0.758. The van der Waals surface area contributed by atoms with E-state index in [1.165, 1.54) is 0 Å². The van der Waals surface area contributed by atoms with Gasteiger partial charge in [-0.1, -0.05) is 13.0 Å². The van der Waals surface area contributed by atoms with Gasteiger partial charge in [0.1, 0.15) is 6.04 Å². The molecule has 1 rings (SSSR count). The lowest BCUT2D eigenvalue weighted by Gasteiger charge is -2.08. The first-order valence-corrected chi connectivity index (χ1v) is 4.33. The van der Waals surface area contributed by atoms with Gasteiger partial charge in [0.15, 0.2) is 0 Å². The van der Waals surface area contributed by atoms with Gasteiger partial charge in [0.2, 0.25) is 0 Å². The maximum absolute atomic E-state index is 8.84. The van der Waals surface area contributed by atoms with Gasteiger partial charge in [0, 0.05) is 17.5 Å². The van der Waals surface area contributed by atoms with Crippen LogP contribution in [-0.4, -0.2) is 11.5 Å². The van der Waals surface area contributed by atoms with Gasteiger partial charge in [0.25, 0.3) is 0 Å². The minimum Gasteiger partial charge on any atom is -0.298 e. The number of nitrogens with one attached hydrogen (secondary N) is 1. The highest BCUT2D eigenvalue weighted by molar-refractivity contribution is 5.22. The van der Waals surface area contributed by atoms with Crippen LogP contribution in [0.1, 0.15) is 24.2 Å². The molecule has 1 aromatic heterocycles. The van der Waals surface area contributed by atoms with Crippen LogP contribution in [0.4, 0.5) is 0 Å². The van der Waals surface area contributed by atoms with Crippen LogP contribution in [0.25, 0.3) is 0 Å². The van der Waals surface area contributed by atoms with E-state index in [1.54, 1.807) is 6.20 Å². The summed E-state index contributed by atoms with van der Waals surface area (Å²) in [4.78, 5) is 4.14. The fourth-order valence-corrected chi connectivity index (χ4v) is 1.09. The highest BCUT2D eigenvalue weighted by Gasteiger charge is 2.07. The summed E-state index contributed by atoms with van der Waals surface area (Å²) in [5.41, 5.74) is 1.90. The van der Waals surface area contributed by atoms with Crippen LogP contribution in [0.15, 0.2) is 18.3 Å². The Labute approximate surface area is 78.4 Å². The summed E-state index contributed by atoms with van der Waals surface area (Å²) in [5, 5.41) is 11.9. The van der Waals surface area contributed by atoms with Crippen molar-refractivity contribution in [3.05, 3.63) is 29.6 Å². The molecule has 1 N–H and O–H groups in total. The van der Waals surface area contributed by atoms with E-state index in [4.69, 9.17) is 5.26 Å². The van der Waals surface area contributed by atoms with Crippen LogP contribution in [-0.2, 0) is 0 Å². The second-order valence-electron chi connectivity index (χ2n) is 2.85. The number of rotatable bonds is 3. The molecule has 1 atom stereocenters. The van der Waals surface area contributed by atoms with Gasteiger partial charge in [-0.05, 0) is 19.5 Å². The minimum absolute atomic E-state index is 0.238. The van der Waals surface area contributed by atoms with Crippen molar-refractivity contribution in [2.75, 3.05) is 6.54 Å². The summed E-state index contributed by atoms with van der Waals surface area (Å²) in [5.74, 6) is 0. The molecule has 0 fully saturated rings. The molecule has 1 unspecified atom stereocenters. The van der Waals surface area contributed by atoms with Crippen molar-refractivity contribution in [2.24, 2.45) is 0 Å². The van der Waals surface area contributed by atoms with Crippen molar-refractivity contribution in [3.8, 4) is 6.07 Å². The van der Waals surface area contributed by atoms with Crippen molar-refractivity contribution >= 4 is 0 Å². The van der Waals surface area contributed by atoms with Crippen LogP contribution < -0.4 is 5.32 Å². The summed E-state index contributed by atoms with van der Waals surface area (Å²) >= 11 is 0. The number of nitriles is 1. The fraction of sp³-hybridized carbons (Fsp3) is 0.400. The summed E-state index contributed by atoms with van der Waals surface area (Å²) < 4.78 is 0. The first-order chi connectivity index (χ1) is 6.27. The van der Waals surface area contributed by atoms with Crippen molar-refractivity contribution < 1.29 is 0 Å². The first-order valence-electron chi connectivity index (χ1n) is 4.33. The molecule has 0 saturated carbocycles. The molecule has 0 aliphatic rings. The van der Waals surface area contributed by atoms with Gasteiger partial charge >= 0.3 is 0 Å². The standard InChI is InChI=1S/C10H13N3/c1-3-12-10(6-11)9-5-4-8(2)13-7-9/h4-5,7,10,12H,3H2,1-2H3. The zero-order valence-electron chi connectivity index (χ0n) is 7.91. The molecule has 0 spiro atoms. The molecular weight excluding hydrogens is 162 g/mol. The molecule has 0 aromatic carbocycles. The summed E-state index contributed by atoms with van der Waals surface area (Å²) in [7, 11) is 0. The maximum atomic E-state index is 8.84. The Hall–Kier alpha value is -1.40. The minimum atomic E-state index is -0.238. The van der Waals surface area contributed by atoms with Crippen LogP contribution >= 0.6 is 0 Å². The van der Waals surface area contributed by atoms with E-state index < -0.39 is 0 Å².